The highest BCUT2D eigenvalue weighted by Crippen LogP contribution is 2.35. The van der Waals surface area contributed by atoms with Crippen LogP contribution in [0.2, 0.25) is 0 Å². The highest BCUT2D eigenvalue weighted by molar-refractivity contribution is 5.73. The molecule has 4 rings (SSSR count). The van der Waals surface area contributed by atoms with Crippen molar-refractivity contribution in [3.8, 4) is 11.5 Å². The van der Waals surface area contributed by atoms with Crippen molar-refractivity contribution in [1.82, 2.24) is 9.80 Å². The fourth-order valence-corrected chi connectivity index (χ4v) is 4.62. The van der Waals surface area contributed by atoms with E-state index in [-0.39, 0.29) is 11.5 Å². The lowest BCUT2D eigenvalue weighted by atomic mass is 9.91. The number of ether oxygens (including phenoxy) is 2. The third-order valence-electron chi connectivity index (χ3n) is 6.08. The molecular weight excluding hydrogens is 376 g/mol. The first-order chi connectivity index (χ1) is 14.5. The Morgan fingerprint density at radius 1 is 1.17 bits per heavy atom. The van der Waals surface area contributed by atoms with E-state index in [1.165, 1.54) is 5.56 Å². The molecule has 0 saturated carbocycles. The third-order valence-corrected chi connectivity index (χ3v) is 6.08. The number of rotatable bonds is 5. The number of hydrogen-bond acceptors (Lipinski definition) is 4. The van der Waals surface area contributed by atoms with Gasteiger partial charge in [0.25, 0.3) is 0 Å². The standard InChI is InChI=1S/C25H32N2O3/c1-20-10-11-24-22(16-20)17-27(21(2)28)19-25(30-24)12-6-13-26(18-25)14-7-15-29-23-8-4-3-5-9-23/h3-5,8-11,16H,6-7,12-15,17-19H2,1-2H3. The molecule has 1 saturated heterocycles. The molecule has 2 aromatic carbocycles. The number of fused-ring (bicyclic) bond motifs is 1. The van der Waals surface area contributed by atoms with Crippen LogP contribution in [0.4, 0.5) is 0 Å². The van der Waals surface area contributed by atoms with Crippen LogP contribution in [0.15, 0.2) is 48.5 Å². The van der Waals surface area contributed by atoms with E-state index in [2.05, 4.69) is 30.0 Å². The Balaban J connectivity index is 1.41. The van der Waals surface area contributed by atoms with Gasteiger partial charge in [0.15, 0.2) is 0 Å². The van der Waals surface area contributed by atoms with Gasteiger partial charge in [0, 0.05) is 32.1 Å². The zero-order valence-electron chi connectivity index (χ0n) is 18.1. The van der Waals surface area contributed by atoms with Crippen molar-refractivity contribution < 1.29 is 14.3 Å². The van der Waals surface area contributed by atoms with Gasteiger partial charge >= 0.3 is 0 Å². The SMILES string of the molecule is CC(=O)N1Cc2cc(C)ccc2OC2(CCCN(CCCOc3ccccc3)C2)C1. The van der Waals surface area contributed by atoms with Crippen molar-refractivity contribution in [1.29, 1.82) is 0 Å². The summed E-state index contributed by atoms with van der Waals surface area (Å²) in [6.45, 7) is 8.60. The number of piperidine rings is 1. The molecule has 0 aromatic heterocycles. The van der Waals surface area contributed by atoms with Crippen LogP contribution in [0.1, 0.15) is 37.3 Å². The van der Waals surface area contributed by atoms with Crippen LogP contribution >= 0.6 is 0 Å². The van der Waals surface area contributed by atoms with Crippen LogP contribution < -0.4 is 9.47 Å². The minimum Gasteiger partial charge on any atom is -0.494 e. The molecule has 2 aliphatic heterocycles. The average Bonchev–Trinajstić information content (AvgIpc) is 2.88. The number of carbonyl (C=O) groups excluding carboxylic acids is 1. The number of likely N-dealkylation sites (tertiary alicyclic amines) is 1. The van der Waals surface area contributed by atoms with E-state index in [9.17, 15) is 4.79 Å². The summed E-state index contributed by atoms with van der Waals surface area (Å²) in [4.78, 5) is 16.8. The molecule has 1 unspecified atom stereocenters. The van der Waals surface area contributed by atoms with Crippen LogP contribution in [0, 0.1) is 6.92 Å². The lowest BCUT2D eigenvalue weighted by Gasteiger charge is -2.43. The molecule has 0 N–H and O–H groups in total. The minimum absolute atomic E-state index is 0.112. The molecule has 0 radical (unpaired) electrons. The number of amides is 1. The largest absolute Gasteiger partial charge is 0.494 e. The summed E-state index contributed by atoms with van der Waals surface area (Å²) in [5, 5.41) is 0. The van der Waals surface area contributed by atoms with Crippen molar-refractivity contribution in [3.63, 3.8) is 0 Å². The van der Waals surface area contributed by atoms with Crippen molar-refractivity contribution in [2.24, 2.45) is 0 Å². The normalized spacial score (nSPS) is 21.6. The Hall–Kier alpha value is -2.53. The van der Waals surface area contributed by atoms with Crippen LogP contribution in [0.25, 0.3) is 0 Å². The van der Waals surface area contributed by atoms with Gasteiger partial charge in [-0.3, -0.25) is 9.69 Å². The number of hydrogen-bond donors (Lipinski definition) is 0. The van der Waals surface area contributed by atoms with Gasteiger partial charge in [-0.2, -0.15) is 0 Å². The van der Waals surface area contributed by atoms with Crippen molar-refractivity contribution in [3.05, 3.63) is 59.7 Å². The first-order valence-electron chi connectivity index (χ1n) is 11.0. The molecule has 1 atom stereocenters. The first-order valence-corrected chi connectivity index (χ1v) is 11.0. The molecule has 5 heteroatoms. The van der Waals surface area contributed by atoms with Crippen LogP contribution in [0.5, 0.6) is 11.5 Å². The first kappa shape index (κ1) is 20.7. The minimum atomic E-state index is -0.343. The second-order valence-corrected chi connectivity index (χ2v) is 8.67. The summed E-state index contributed by atoms with van der Waals surface area (Å²) in [5.74, 6) is 1.96. The topological polar surface area (TPSA) is 42.0 Å². The summed E-state index contributed by atoms with van der Waals surface area (Å²) in [7, 11) is 0. The number of para-hydroxylation sites is 1. The van der Waals surface area contributed by atoms with E-state index < -0.39 is 0 Å². The Labute approximate surface area is 179 Å². The number of carbonyl (C=O) groups is 1. The zero-order valence-corrected chi connectivity index (χ0v) is 18.1. The van der Waals surface area contributed by atoms with E-state index in [1.54, 1.807) is 6.92 Å². The Morgan fingerprint density at radius 3 is 2.80 bits per heavy atom. The molecule has 2 aromatic rings. The van der Waals surface area contributed by atoms with Gasteiger partial charge < -0.3 is 14.4 Å². The van der Waals surface area contributed by atoms with Gasteiger partial charge in [-0.1, -0.05) is 35.9 Å². The predicted octanol–water partition coefficient (Wildman–Crippen LogP) is 4.04. The molecule has 1 spiro atoms. The lowest BCUT2D eigenvalue weighted by molar-refractivity contribution is -0.133. The van der Waals surface area contributed by atoms with Gasteiger partial charge in [-0.05, 0) is 50.9 Å². The predicted molar refractivity (Wildman–Crippen MR) is 118 cm³/mol. The van der Waals surface area contributed by atoms with E-state index in [0.717, 1.165) is 56.0 Å². The molecule has 1 fully saturated rings. The molecule has 0 bridgehead atoms. The summed E-state index contributed by atoms with van der Waals surface area (Å²) in [5.41, 5.74) is 1.96. The van der Waals surface area contributed by atoms with Gasteiger partial charge in [0.05, 0.1) is 13.2 Å². The van der Waals surface area contributed by atoms with E-state index in [4.69, 9.17) is 9.47 Å². The molecule has 5 nitrogen and oxygen atoms in total. The Kier molecular flexibility index (Phi) is 6.28. The summed E-state index contributed by atoms with van der Waals surface area (Å²) in [6.07, 6.45) is 3.02. The van der Waals surface area contributed by atoms with Gasteiger partial charge in [-0.25, -0.2) is 0 Å². The second kappa shape index (κ2) is 9.09. The molecule has 0 aliphatic carbocycles. The second-order valence-electron chi connectivity index (χ2n) is 8.67. The van der Waals surface area contributed by atoms with Crippen molar-refractivity contribution in [2.75, 3.05) is 32.8 Å². The molecule has 30 heavy (non-hydrogen) atoms. The Bertz CT molecular complexity index is 870. The number of aryl methyl sites for hydroxylation is 1. The maximum absolute atomic E-state index is 12.3. The van der Waals surface area contributed by atoms with Crippen LogP contribution in [-0.2, 0) is 11.3 Å². The number of benzene rings is 2. The molecular formula is C25H32N2O3. The van der Waals surface area contributed by atoms with Crippen molar-refractivity contribution in [2.45, 2.75) is 45.3 Å². The molecule has 2 aliphatic rings. The van der Waals surface area contributed by atoms with Gasteiger partial charge in [0.1, 0.15) is 17.1 Å². The molecule has 1 amide bonds. The Morgan fingerprint density at radius 2 is 2.00 bits per heavy atom. The van der Waals surface area contributed by atoms with Gasteiger partial charge in [0.2, 0.25) is 5.91 Å². The van der Waals surface area contributed by atoms with Crippen molar-refractivity contribution >= 4 is 5.91 Å². The third kappa shape index (κ3) is 4.96. The molecule has 160 valence electrons. The monoisotopic (exact) mass is 408 g/mol. The van der Waals surface area contributed by atoms with E-state index in [1.807, 2.05) is 35.2 Å². The maximum Gasteiger partial charge on any atom is 0.219 e. The highest BCUT2D eigenvalue weighted by atomic mass is 16.5. The molecule has 2 heterocycles. The summed E-state index contributed by atoms with van der Waals surface area (Å²) < 4.78 is 12.5. The smallest absolute Gasteiger partial charge is 0.219 e. The zero-order chi connectivity index (χ0) is 21.0. The maximum atomic E-state index is 12.3. The van der Waals surface area contributed by atoms with Crippen LogP contribution in [0.3, 0.4) is 0 Å². The van der Waals surface area contributed by atoms with Gasteiger partial charge in [-0.15, -0.1) is 0 Å². The van der Waals surface area contributed by atoms with E-state index >= 15 is 0 Å². The summed E-state index contributed by atoms with van der Waals surface area (Å²) >= 11 is 0. The quantitative estimate of drug-likeness (QED) is 0.701. The average molecular weight is 409 g/mol. The summed E-state index contributed by atoms with van der Waals surface area (Å²) in [6, 6.07) is 16.3. The lowest BCUT2D eigenvalue weighted by Crippen LogP contribution is -2.57. The van der Waals surface area contributed by atoms with E-state index in [0.29, 0.717) is 19.7 Å². The fourth-order valence-electron chi connectivity index (χ4n) is 4.62. The fraction of sp³-hybridized carbons (Fsp3) is 0.480. The highest BCUT2D eigenvalue weighted by Gasteiger charge is 2.42. The number of nitrogens with zero attached hydrogens (tertiary/aromatic N) is 2. The van der Waals surface area contributed by atoms with Crippen LogP contribution in [-0.4, -0.2) is 54.1 Å².